The van der Waals surface area contributed by atoms with Gasteiger partial charge < -0.3 is 5.32 Å². The molecule has 2 nitrogen and oxygen atoms in total. The number of hydrogen-bond donors (Lipinski definition) is 1. The second-order valence-electron chi connectivity index (χ2n) is 2.52. The van der Waals surface area contributed by atoms with Gasteiger partial charge in [-0.1, -0.05) is 6.07 Å². The highest BCUT2D eigenvalue weighted by Gasteiger charge is 2.40. The predicted molar refractivity (Wildman–Crippen MR) is 42.1 cm³/mol. The van der Waals surface area contributed by atoms with Gasteiger partial charge in [-0.2, -0.15) is 13.2 Å². The Morgan fingerprint density at radius 3 is 2.46 bits per heavy atom. The fourth-order valence-electron chi connectivity index (χ4n) is 1.03. The number of pyridine rings is 1. The van der Waals surface area contributed by atoms with Crippen LogP contribution in [-0.4, -0.2) is 18.2 Å². The maximum absolute atomic E-state index is 12.3. The van der Waals surface area contributed by atoms with E-state index < -0.39 is 12.2 Å². The van der Waals surface area contributed by atoms with Gasteiger partial charge in [-0.25, -0.2) is 0 Å². The Bertz CT molecular complexity index is 258. The largest absolute Gasteiger partial charge is 0.409 e. The van der Waals surface area contributed by atoms with Crippen molar-refractivity contribution >= 4 is 0 Å². The molecule has 5 heteroatoms. The predicted octanol–water partition coefficient (Wildman–Crippen LogP) is 1.90. The molecule has 0 aliphatic heterocycles. The minimum absolute atomic E-state index is 0.0162. The Hall–Kier alpha value is -1.10. The number of nitrogens with zero attached hydrogens (tertiary/aromatic N) is 1. The van der Waals surface area contributed by atoms with E-state index in [2.05, 4.69) is 10.3 Å². The van der Waals surface area contributed by atoms with Crippen LogP contribution in [0, 0.1) is 0 Å². The van der Waals surface area contributed by atoms with E-state index in [0.29, 0.717) is 0 Å². The average Bonchev–Trinajstić information content (AvgIpc) is 2.05. The Labute approximate surface area is 73.8 Å². The second kappa shape index (κ2) is 3.74. The third-order valence-electron chi connectivity index (χ3n) is 1.60. The lowest BCUT2D eigenvalue weighted by Gasteiger charge is -2.18. The van der Waals surface area contributed by atoms with Crippen molar-refractivity contribution in [3.05, 3.63) is 30.1 Å². The standard InChI is InChI=1S/C8H9F3N2/c1-12-7(8(9,10)11)6-4-2-3-5-13-6/h2-5,7,12H,1H3. The fourth-order valence-corrected chi connectivity index (χ4v) is 1.03. The highest BCUT2D eigenvalue weighted by Crippen LogP contribution is 2.30. The molecule has 1 atom stereocenters. The monoisotopic (exact) mass is 190 g/mol. The zero-order valence-corrected chi connectivity index (χ0v) is 6.97. The van der Waals surface area contributed by atoms with Crippen LogP contribution >= 0.6 is 0 Å². The first-order valence-electron chi connectivity index (χ1n) is 3.70. The van der Waals surface area contributed by atoms with E-state index in [9.17, 15) is 13.2 Å². The summed E-state index contributed by atoms with van der Waals surface area (Å²) in [7, 11) is 1.26. The number of rotatable bonds is 2. The summed E-state index contributed by atoms with van der Waals surface area (Å²) in [6.45, 7) is 0. The number of aromatic nitrogens is 1. The maximum atomic E-state index is 12.3. The summed E-state index contributed by atoms with van der Waals surface area (Å²) in [6, 6.07) is 2.76. The summed E-state index contributed by atoms with van der Waals surface area (Å²) in [5, 5.41) is 2.17. The molecule has 1 aromatic rings. The first-order valence-corrected chi connectivity index (χ1v) is 3.70. The van der Waals surface area contributed by atoms with Gasteiger partial charge in [0.25, 0.3) is 0 Å². The third-order valence-corrected chi connectivity index (χ3v) is 1.60. The molecule has 0 saturated carbocycles. The SMILES string of the molecule is CNC(c1ccccn1)C(F)(F)F. The average molecular weight is 190 g/mol. The summed E-state index contributed by atoms with van der Waals surface area (Å²) in [6.07, 6.45) is -2.96. The summed E-state index contributed by atoms with van der Waals surface area (Å²) in [5.74, 6) is 0. The van der Waals surface area contributed by atoms with E-state index in [1.54, 1.807) is 6.07 Å². The molecule has 0 aliphatic carbocycles. The Morgan fingerprint density at radius 1 is 1.38 bits per heavy atom. The number of halogens is 3. The quantitative estimate of drug-likeness (QED) is 0.770. The van der Waals surface area contributed by atoms with Crippen molar-refractivity contribution in [2.24, 2.45) is 0 Å². The zero-order chi connectivity index (χ0) is 9.90. The number of alkyl halides is 3. The van der Waals surface area contributed by atoms with Gasteiger partial charge in [0, 0.05) is 6.20 Å². The third kappa shape index (κ3) is 2.42. The Balaban J connectivity index is 2.92. The molecule has 0 fully saturated rings. The van der Waals surface area contributed by atoms with Crippen LogP contribution in [0.5, 0.6) is 0 Å². The first kappa shape index (κ1) is 9.98. The van der Waals surface area contributed by atoms with Crippen LogP contribution in [0.4, 0.5) is 13.2 Å². The van der Waals surface area contributed by atoms with Crippen molar-refractivity contribution in [3.63, 3.8) is 0 Å². The van der Waals surface area contributed by atoms with Gasteiger partial charge in [-0.05, 0) is 19.2 Å². The summed E-state index contributed by atoms with van der Waals surface area (Å²) < 4.78 is 36.9. The lowest BCUT2D eigenvalue weighted by atomic mass is 10.2. The van der Waals surface area contributed by atoms with Crippen molar-refractivity contribution in [3.8, 4) is 0 Å². The Morgan fingerprint density at radius 2 is 2.08 bits per heavy atom. The van der Waals surface area contributed by atoms with Crippen LogP contribution in [0.3, 0.4) is 0 Å². The summed E-state index contributed by atoms with van der Waals surface area (Å²) in [4.78, 5) is 3.63. The first-order chi connectivity index (χ1) is 6.05. The van der Waals surface area contributed by atoms with Gasteiger partial charge in [0.1, 0.15) is 6.04 Å². The molecule has 1 N–H and O–H groups in total. The van der Waals surface area contributed by atoms with Crippen molar-refractivity contribution in [2.75, 3.05) is 7.05 Å². The van der Waals surface area contributed by atoms with Crippen molar-refractivity contribution < 1.29 is 13.2 Å². The van der Waals surface area contributed by atoms with Crippen LogP contribution in [-0.2, 0) is 0 Å². The van der Waals surface area contributed by atoms with Gasteiger partial charge in [0.2, 0.25) is 0 Å². The molecule has 1 unspecified atom stereocenters. The van der Waals surface area contributed by atoms with E-state index in [1.165, 1.54) is 25.4 Å². The normalized spacial score (nSPS) is 14.2. The fraction of sp³-hybridized carbons (Fsp3) is 0.375. The molecule has 1 rings (SSSR count). The van der Waals surface area contributed by atoms with Crippen LogP contribution in [0.25, 0.3) is 0 Å². The topological polar surface area (TPSA) is 24.9 Å². The highest BCUT2D eigenvalue weighted by atomic mass is 19.4. The minimum atomic E-state index is -4.30. The van der Waals surface area contributed by atoms with Crippen molar-refractivity contribution in [2.45, 2.75) is 12.2 Å². The van der Waals surface area contributed by atoms with Crippen molar-refractivity contribution in [1.82, 2.24) is 10.3 Å². The van der Waals surface area contributed by atoms with Crippen LogP contribution in [0.1, 0.15) is 11.7 Å². The molecule has 1 aromatic heterocycles. The van der Waals surface area contributed by atoms with Gasteiger partial charge >= 0.3 is 6.18 Å². The van der Waals surface area contributed by atoms with Gasteiger partial charge in [-0.3, -0.25) is 4.98 Å². The van der Waals surface area contributed by atoms with Gasteiger partial charge in [0.15, 0.2) is 0 Å². The minimum Gasteiger partial charge on any atom is -0.304 e. The van der Waals surface area contributed by atoms with E-state index in [1.807, 2.05) is 0 Å². The summed E-state index contributed by atoms with van der Waals surface area (Å²) >= 11 is 0. The van der Waals surface area contributed by atoms with E-state index in [4.69, 9.17) is 0 Å². The molecule has 13 heavy (non-hydrogen) atoms. The lowest BCUT2D eigenvalue weighted by Crippen LogP contribution is -2.32. The molecule has 1 heterocycles. The van der Waals surface area contributed by atoms with Gasteiger partial charge in [-0.15, -0.1) is 0 Å². The molecular weight excluding hydrogens is 181 g/mol. The smallest absolute Gasteiger partial charge is 0.304 e. The van der Waals surface area contributed by atoms with Crippen LogP contribution < -0.4 is 5.32 Å². The van der Waals surface area contributed by atoms with E-state index >= 15 is 0 Å². The zero-order valence-electron chi connectivity index (χ0n) is 6.97. The molecule has 0 radical (unpaired) electrons. The number of nitrogens with one attached hydrogen (secondary N) is 1. The Kier molecular flexibility index (Phi) is 2.87. The molecule has 72 valence electrons. The molecule has 0 aromatic carbocycles. The second-order valence-corrected chi connectivity index (χ2v) is 2.52. The van der Waals surface area contributed by atoms with Crippen molar-refractivity contribution in [1.29, 1.82) is 0 Å². The lowest BCUT2D eigenvalue weighted by molar-refractivity contribution is -0.157. The van der Waals surface area contributed by atoms with Gasteiger partial charge in [0.05, 0.1) is 5.69 Å². The molecule has 0 bridgehead atoms. The molecule has 0 saturated heterocycles. The molecular formula is C8H9F3N2. The molecule has 0 spiro atoms. The van der Waals surface area contributed by atoms with Crippen LogP contribution in [0.15, 0.2) is 24.4 Å². The molecule has 0 aliphatic rings. The highest BCUT2D eigenvalue weighted by molar-refractivity contribution is 5.10. The van der Waals surface area contributed by atoms with E-state index in [-0.39, 0.29) is 5.69 Å². The molecule has 0 amide bonds. The maximum Gasteiger partial charge on any atom is 0.409 e. The summed E-state index contributed by atoms with van der Waals surface area (Å²) in [5.41, 5.74) is -0.0162. The van der Waals surface area contributed by atoms with E-state index in [0.717, 1.165) is 0 Å². The number of hydrogen-bond acceptors (Lipinski definition) is 2. The van der Waals surface area contributed by atoms with Crippen LogP contribution in [0.2, 0.25) is 0 Å².